The topological polar surface area (TPSA) is 95.9 Å². The number of likely N-dealkylation sites (tertiary alicyclic amines) is 1. The minimum Gasteiger partial charge on any atom is -0.508 e. The number of benzene rings is 2. The fraction of sp³-hybridized carbons (Fsp3) is 0.500. The van der Waals surface area contributed by atoms with Gasteiger partial charge in [-0.15, -0.1) is 6.42 Å². The highest BCUT2D eigenvalue weighted by Crippen LogP contribution is 2.47. The highest BCUT2D eigenvalue weighted by atomic mass is 19.1. The third kappa shape index (κ3) is 6.20. The van der Waals surface area contributed by atoms with Crippen molar-refractivity contribution in [1.82, 2.24) is 25.2 Å². The fourth-order valence-electron chi connectivity index (χ4n) is 8.00. The Morgan fingerprint density at radius 3 is 2.62 bits per heavy atom. The molecule has 0 radical (unpaired) electrons. The standard InChI is InChI=1S/C38H41F3N6O3/c1-3-13-49-31-9-12-46(19-30(31)40)20-38(10-11-38)21-50-37-44-35-28(36(45-37)47-17-23-6-7-24(18-47)43-23)16-42-34(33(35)41)27-15-25(48)14-22-5-8-29(39)26(4-2)32(22)27/h2,5,8,14-16,23-24,30-31,43,48H,3,6-7,9-13,17-21H2,1H3/t23-,24?,30?,31?/m0/s1. The van der Waals surface area contributed by atoms with Gasteiger partial charge in [0.2, 0.25) is 0 Å². The third-order valence-electron chi connectivity index (χ3n) is 10.7. The van der Waals surface area contributed by atoms with Gasteiger partial charge in [0.05, 0.1) is 23.7 Å². The van der Waals surface area contributed by atoms with Gasteiger partial charge in [0.25, 0.3) is 0 Å². The third-order valence-corrected chi connectivity index (χ3v) is 10.7. The lowest BCUT2D eigenvalue weighted by Crippen LogP contribution is -2.51. The van der Waals surface area contributed by atoms with Crippen molar-refractivity contribution in [3.8, 4) is 35.4 Å². The normalized spacial score (nSPS) is 24.5. The average molecular weight is 687 g/mol. The summed E-state index contributed by atoms with van der Waals surface area (Å²) in [5.74, 6) is 1.40. The maximum absolute atomic E-state index is 16.9. The number of piperidine rings is 1. The van der Waals surface area contributed by atoms with E-state index in [-0.39, 0.29) is 51.0 Å². The summed E-state index contributed by atoms with van der Waals surface area (Å²) in [4.78, 5) is 18.3. The van der Waals surface area contributed by atoms with Crippen molar-refractivity contribution in [1.29, 1.82) is 0 Å². The first-order valence-electron chi connectivity index (χ1n) is 17.6. The van der Waals surface area contributed by atoms with E-state index >= 15 is 4.39 Å². The van der Waals surface area contributed by atoms with Crippen molar-refractivity contribution < 1.29 is 27.8 Å². The van der Waals surface area contributed by atoms with Crippen LogP contribution in [0.2, 0.25) is 0 Å². The monoisotopic (exact) mass is 686 g/mol. The van der Waals surface area contributed by atoms with E-state index in [0.29, 0.717) is 74.5 Å². The van der Waals surface area contributed by atoms with Crippen LogP contribution in [0.15, 0.2) is 30.5 Å². The summed E-state index contributed by atoms with van der Waals surface area (Å²) in [7, 11) is 0. The molecule has 2 N–H and O–H groups in total. The smallest absolute Gasteiger partial charge is 0.319 e. The second kappa shape index (κ2) is 13.2. The van der Waals surface area contributed by atoms with Gasteiger partial charge in [-0.3, -0.25) is 9.88 Å². The molecule has 3 unspecified atom stereocenters. The van der Waals surface area contributed by atoms with Crippen LogP contribution in [0.5, 0.6) is 11.8 Å². The van der Waals surface area contributed by atoms with E-state index in [9.17, 15) is 13.9 Å². The zero-order chi connectivity index (χ0) is 34.6. The van der Waals surface area contributed by atoms with Gasteiger partial charge < -0.3 is 24.8 Å². The Hall–Kier alpha value is -4.18. The molecule has 4 fully saturated rings. The molecule has 2 aromatic heterocycles. The van der Waals surface area contributed by atoms with Crippen LogP contribution in [-0.2, 0) is 4.74 Å². The van der Waals surface area contributed by atoms with E-state index < -0.39 is 17.8 Å². The van der Waals surface area contributed by atoms with Gasteiger partial charge in [-0.1, -0.05) is 18.9 Å². The summed E-state index contributed by atoms with van der Waals surface area (Å²) in [5.41, 5.74) is -0.171. The number of alkyl halides is 1. The highest BCUT2D eigenvalue weighted by Gasteiger charge is 2.46. The molecular formula is C38H41F3N6O3. The van der Waals surface area contributed by atoms with Gasteiger partial charge in [-0.05, 0) is 62.1 Å². The molecular weight excluding hydrogens is 645 g/mol. The molecule has 3 saturated heterocycles. The number of pyridine rings is 1. The lowest BCUT2D eigenvalue weighted by Gasteiger charge is -2.36. The van der Waals surface area contributed by atoms with Crippen molar-refractivity contribution in [3.05, 3.63) is 47.7 Å². The summed E-state index contributed by atoms with van der Waals surface area (Å²) < 4.78 is 58.7. The number of fused-ring (bicyclic) bond motifs is 4. The SMILES string of the molecule is C#Cc1c(F)ccc2cc(O)cc(-c3ncc4c(N5CC6CC[C@@H](C5)N6)nc(OCC5(CN6CCC(OCCC)C(F)C6)CC5)nc4c3F)c12. The zero-order valence-electron chi connectivity index (χ0n) is 28.1. The van der Waals surface area contributed by atoms with Gasteiger partial charge in [-0.2, -0.15) is 9.97 Å². The number of nitrogens with one attached hydrogen (secondary N) is 1. The number of halogens is 3. The second-order valence-corrected chi connectivity index (χ2v) is 14.5. The molecule has 12 heteroatoms. The molecule has 2 aromatic carbocycles. The number of piperazine rings is 1. The molecule has 1 aliphatic carbocycles. The molecule has 4 atom stereocenters. The van der Waals surface area contributed by atoms with Crippen LogP contribution < -0.4 is 15.0 Å². The Balaban J connectivity index is 1.13. The van der Waals surface area contributed by atoms with Gasteiger partial charge in [0, 0.05) is 74.0 Å². The lowest BCUT2D eigenvalue weighted by atomic mass is 9.96. The molecule has 3 aliphatic heterocycles. The predicted molar refractivity (Wildman–Crippen MR) is 185 cm³/mol. The molecule has 4 aliphatic rings. The first-order valence-corrected chi connectivity index (χ1v) is 17.6. The molecule has 262 valence electrons. The molecule has 50 heavy (non-hydrogen) atoms. The predicted octanol–water partition coefficient (Wildman–Crippen LogP) is 5.75. The van der Waals surface area contributed by atoms with Crippen LogP contribution in [0, 0.1) is 29.4 Å². The first kappa shape index (κ1) is 33.0. The number of hydrogen-bond donors (Lipinski definition) is 2. The highest BCUT2D eigenvalue weighted by molar-refractivity contribution is 6.03. The van der Waals surface area contributed by atoms with Gasteiger partial charge in [-0.25, -0.2) is 13.2 Å². The first-order chi connectivity index (χ1) is 24.2. The summed E-state index contributed by atoms with van der Waals surface area (Å²) in [6.45, 7) is 6.07. The fourth-order valence-corrected chi connectivity index (χ4v) is 8.00. The molecule has 8 rings (SSSR count). The van der Waals surface area contributed by atoms with Crippen LogP contribution >= 0.6 is 0 Å². The molecule has 1 saturated carbocycles. The Labute approximate surface area is 289 Å². The van der Waals surface area contributed by atoms with E-state index in [0.717, 1.165) is 38.6 Å². The molecule has 0 spiro atoms. The van der Waals surface area contributed by atoms with Crippen molar-refractivity contribution >= 4 is 27.5 Å². The quantitative estimate of drug-likeness (QED) is 0.202. The number of nitrogens with zero attached hydrogens (tertiary/aromatic N) is 5. The Bertz CT molecular complexity index is 1970. The van der Waals surface area contributed by atoms with E-state index in [2.05, 4.69) is 31.0 Å². The van der Waals surface area contributed by atoms with E-state index in [1.165, 1.54) is 30.5 Å². The van der Waals surface area contributed by atoms with Crippen LogP contribution in [0.25, 0.3) is 32.9 Å². The number of ether oxygens (including phenoxy) is 2. The van der Waals surface area contributed by atoms with E-state index in [1.807, 2.05) is 6.92 Å². The molecule has 4 aromatic rings. The van der Waals surface area contributed by atoms with Crippen LogP contribution in [-0.4, -0.2) is 95.3 Å². The Morgan fingerprint density at radius 2 is 1.90 bits per heavy atom. The number of phenolic OH excluding ortho intramolecular Hbond substituents is 1. The number of aromatic nitrogens is 3. The minimum absolute atomic E-state index is 0.00954. The van der Waals surface area contributed by atoms with E-state index in [4.69, 9.17) is 20.9 Å². The Morgan fingerprint density at radius 1 is 1.10 bits per heavy atom. The zero-order valence-corrected chi connectivity index (χ0v) is 28.1. The largest absolute Gasteiger partial charge is 0.508 e. The number of terminal acetylenes is 1. The number of hydrogen-bond acceptors (Lipinski definition) is 9. The number of aromatic hydroxyl groups is 1. The van der Waals surface area contributed by atoms with Gasteiger partial charge in [0.1, 0.15) is 34.8 Å². The number of phenols is 1. The second-order valence-electron chi connectivity index (χ2n) is 14.5. The number of rotatable bonds is 10. The van der Waals surface area contributed by atoms with Gasteiger partial charge >= 0.3 is 6.01 Å². The molecule has 5 heterocycles. The van der Waals surface area contributed by atoms with E-state index in [1.54, 1.807) is 0 Å². The summed E-state index contributed by atoms with van der Waals surface area (Å²) in [5, 5.41) is 15.3. The number of anilines is 1. The summed E-state index contributed by atoms with van der Waals surface area (Å²) >= 11 is 0. The molecule has 9 nitrogen and oxygen atoms in total. The lowest BCUT2D eigenvalue weighted by molar-refractivity contribution is -0.0500. The van der Waals surface area contributed by atoms with Crippen molar-refractivity contribution in [3.63, 3.8) is 0 Å². The van der Waals surface area contributed by atoms with Crippen molar-refractivity contribution in [2.24, 2.45) is 5.41 Å². The minimum atomic E-state index is -1.03. The average Bonchev–Trinajstić information content (AvgIpc) is 3.79. The Kier molecular flexibility index (Phi) is 8.69. The van der Waals surface area contributed by atoms with Crippen LogP contribution in [0.3, 0.4) is 0 Å². The maximum Gasteiger partial charge on any atom is 0.319 e. The molecule has 2 bridgehead atoms. The molecule has 0 amide bonds. The van der Waals surface area contributed by atoms with Crippen molar-refractivity contribution in [2.75, 3.05) is 50.8 Å². The summed E-state index contributed by atoms with van der Waals surface area (Å²) in [6.07, 6.45) is 11.3. The van der Waals surface area contributed by atoms with Gasteiger partial charge in [0.15, 0.2) is 5.82 Å². The van der Waals surface area contributed by atoms with Crippen molar-refractivity contribution in [2.45, 2.75) is 69.8 Å². The maximum atomic E-state index is 16.9. The summed E-state index contributed by atoms with van der Waals surface area (Å²) in [6, 6.07) is 6.14. The van der Waals surface area contributed by atoms with Crippen LogP contribution in [0.4, 0.5) is 19.0 Å². The van der Waals surface area contributed by atoms with Crippen LogP contribution in [0.1, 0.15) is 51.0 Å².